The maximum atomic E-state index is 12.3. The first-order valence-corrected chi connectivity index (χ1v) is 7.64. The molecule has 0 bridgehead atoms. The summed E-state index contributed by atoms with van der Waals surface area (Å²) in [5.74, 6) is 0.709. The van der Waals surface area contributed by atoms with Gasteiger partial charge in [0.05, 0.1) is 18.7 Å². The Labute approximate surface area is 124 Å². The molecule has 2 aliphatic rings. The number of para-hydroxylation sites is 1. The lowest BCUT2D eigenvalue weighted by Gasteiger charge is -2.15. The van der Waals surface area contributed by atoms with Gasteiger partial charge in [0.1, 0.15) is 11.9 Å². The van der Waals surface area contributed by atoms with Gasteiger partial charge in [0.2, 0.25) is 0 Å². The molecule has 21 heavy (non-hydrogen) atoms. The van der Waals surface area contributed by atoms with Crippen LogP contribution in [-0.2, 0) is 4.74 Å². The Hall–Kier alpha value is -2.04. The monoisotopic (exact) mass is 287 g/mol. The molecular weight excluding hydrogens is 266 g/mol. The maximum Gasteiger partial charge on any atom is 0.340 e. The maximum absolute atomic E-state index is 12.3. The molecule has 112 valence electrons. The first-order valence-electron chi connectivity index (χ1n) is 7.64. The van der Waals surface area contributed by atoms with Gasteiger partial charge < -0.3 is 15.4 Å². The molecule has 1 aliphatic carbocycles. The number of aliphatic imine (C=N–C) groups is 1. The molecule has 0 amide bonds. The number of anilines is 1. The number of carbonyl (C=O) groups excluding carboxylic acids is 1. The fourth-order valence-corrected chi connectivity index (χ4v) is 2.78. The van der Waals surface area contributed by atoms with Gasteiger partial charge in [-0.05, 0) is 37.8 Å². The number of rotatable bonds is 5. The first-order chi connectivity index (χ1) is 10.3. The van der Waals surface area contributed by atoms with Crippen LogP contribution >= 0.6 is 0 Å². The van der Waals surface area contributed by atoms with Crippen LogP contribution in [0.25, 0.3) is 0 Å². The van der Waals surface area contributed by atoms with E-state index in [9.17, 15) is 4.79 Å². The second kappa shape index (κ2) is 6.61. The lowest BCUT2D eigenvalue weighted by atomic mass is 10.1. The highest BCUT2D eigenvalue weighted by Gasteiger charge is 2.21. The highest BCUT2D eigenvalue weighted by molar-refractivity contribution is 5.97. The molecule has 0 spiro atoms. The third-order valence-electron chi connectivity index (χ3n) is 3.91. The minimum Gasteiger partial charge on any atom is -0.459 e. The predicted octanol–water partition coefficient (Wildman–Crippen LogP) is 2.20. The van der Waals surface area contributed by atoms with E-state index in [4.69, 9.17) is 4.74 Å². The topological polar surface area (TPSA) is 62.7 Å². The smallest absolute Gasteiger partial charge is 0.340 e. The summed E-state index contributed by atoms with van der Waals surface area (Å²) >= 11 is 0. The number of benzene rings is 1. The van der Waals surface area contributed by atoms with E-state index in [1.807, 2.05) is 24.3 Å². The molecule has 1 fully saturated rings. The zero-order valence-corrected chi connectivity index (χ0v) is 12.1. The molecule has 0 aromatic heterocycles. The third-order valence-corrected chi connectivity index (χ3v) is 3.91. The van der Waals surface area contributed by atoms with Gasteiger partial charge >= 0.3 is 5.97 Å². The van der Waals surface area contributed by atoms with Gasteiger partial charge in [0.25, 0.3) is 0 Å². The molecule has 5 heteroatoms. The Morgan fingerprint density at radius 1 is 1.33 bits per heavy atom. The van der Waals surface area contributed by atoms with E-state index in [1.54, 1.807) is 0 Å². The number of ether oxygens (including phenoxy) is 1. The summed E-state index contributed by atoms with van der Waals surface area (Å²) in [5, 5.41) is 6.47. The van der Waals surface area contributed by atoms with E-state index >= 15 is 0 Å². The number of nitrogens with zero attached hydrogens (tertiary/aromatic N) is 1. The van der Waals surface area contributed by atoms with Crippen LogP contribution in [0.1, 0.15) is 36.0 Å². The summed E-state index contributed by atoms with van der Waals surface area (Å²) in [6, 6.07) is 7.49. The molecule has 1 aromatic carbocycles. The fourth-order valence-electron chi connectivity index (χ4n) is 2.78. The zero-order chi connectivity index (χ0) is 14.5. The summed E-state index contributed by atoms with van der Waals surface area (Å²) in [6.07, 6.45) is 4.38. The van der Waals surface area contributed by atoms with E-state index in [1.165, 1.54) is 0 Å². The minimum atomic E-state index is -0.230. The van der Waals surface area contributed by atoms with Gasteiger partial charge in [-0.3, -0.25) is 4.99 Å². The Morgan fingerprint density at radius 3 is 2.90 bits per heavy atom. The van der Waals surface area contributed by atoms with Crippen molar-refractivity contribution in [1.82, 2.24) is 5.32 Å². The standard InChI is InChI=1S/C16H21N3O2/c20-16(21-12-5-1-2-6-12)13-7-3-4-8-14(13)19-11-15-17-9-10-18-15/h3-4,7-8,12,19H,1-2,5-6,9-11H2,(H,17,18). The Bertz CT molecular complexity index is 536. The highest BCUT2D eigenvalue weighted by Crippen LogP contribution is 2.24. The Kier molecular flexibility index (Phi) is 4.38. The van der Waals surface area contributed by atoms with Gasteiger partial charge in [-0.1, -0.05) is 12.1 Å². The van der Waals surface area contributed by atoms with E-state index in [0.29, 0.717) is 12.1 Å². The largest absolute Gasteiger partial charge is 0.459 e. The van der Waals surface area contributed by atoms with Crippen LogP contribution in [0.3, 0.4) is 0 Å². The van der Waals surface area contributed by atoms with Crippen LogP contribution in [-0.4, -0.2) is 37.5 Å². The van der Waals surface area contributed by atoms with Crippen molar-refractivity contribution in [3.05, 3.63) is 29.8 Å². The summed E-state index contributed by atoms with van der Waals surface area (Å²) in [6.45, 7) is 2.32. The van der Waals surface area contributed by atoms with E-state index < -0.39 is 0 Å². The fraction of sp³-hybridized carbons (Fsp3) is 0.500. The molecule has 1 heterocycles. The van der Waals surface area contributed by atoms with Crippen molar-refractivity contribution in [1.29, 1.82) is 0 Å². The molecule has 3 rings (SSSR count). The van der Waals surface area contributed by atoms with Gasteiger partial charge in [0, 0.05) is 12.2 Å². The van der Waals surface area contributed by atoms with Gasteiger partial charge in [-0.2, -0.15) is 0 Å². The molecule has 1 aliphatic heterocycles. The molecule has 5 nitrogen and oxygen atoms in total. The minimum absolute atomic E-state index is 0.0893. The first kappa shape index (κ1) is 13.9. The van der Waals surface area contributed by atoms with Crippen molar-refractivity contribution in [3.63, 3.8) is 0 Å². The number of hydrogen-bond acceptors (Lipinski definition) is 5. The van der Waals surface area contributed by atoms with Crippen molar-refractivity contribution in [2.75, 3.05) is 25.0 Å². The third kappa shape index (κ3) is 3.54. The van der Waals surface area contributed by atoms with E-state index in [-0.39, 0.29) is 12.1 Å². The van der Waals surface area contributed by atoms with Crippen LogP contribution < -0.4 is 10.6 Å². The van der Waals surface area contributed by atoms with Gasteiger partial charge in [-0.25, -0.2) is 4.79 Å². The predicted molar refractivity (Wildman–Crippen MR) is 82.9 cm³/mol. The Morgan fingerprint density at radius 2 is 2.14 bits per heavy atom. The van der Waals surface area contributed by atoms with Crippen LogP contribution in [0.2, 0.25) is 0 Å². The number of esters is 1. The van der Waals surface area contributed by atoms with Crippen molar-refractivity contribution >= 4 is 17.5 Å². The van der Waals surface area contributed by atoms with Gasteiger partial charge in [-0.15, -0.1) is 0 Å². The van der Waals surface area contributed by atoms with E-state index in [2.05, 4.69) is 15.6 Å². The number of nitrogens with one attached hydrogen (secondary N) is 2. The lowest BCUT2D eigenvalue weighted by molar-refractivity contribution is 0.0319. The summed E-state index contributed by atoms with van der Waals surface area (Å²) in [5.41, 5.74) is 1.40. The molecule has 1 aromatic rings. The van der Waals surface area contributed by atoms with Crippen LogP contribution in [0.4, 0.5) is 5.69 Å². The summed E-state index contributed by atoms with van der Waals surface area (Å²) < 4.78 is 5.59. The van der Waals surface area contributed by atoms with Crippen LogP contribution in [0, 0.1) is 0 Å². The summed E-state index contributed by atoms with van der Waals surface area (Å²) in [4.78, 5) is 16.6. The second-order valence-electron chi connectivity index (χ2n) is 5.47. The second-order valence-corrected chi connectivity index (χ2v) is 5.47. The number of amidine groups is 1. The highest BCUT2D eigenvalue weighted by atomic mass is 16.5. The number of carbonyl (C=O) groups is 1. The quantitative estimate of drug-likeness (QED) is 0.815. The van der Waals surface area contributed by atoms with Crippen molar-refractivity contribution < 1.29 is 9.53 Å². The van der Waals surface area contributed by atoms with Crippen LogP contribution in [0.5, 0.6) is 0 Å². The van der Waals surface area contributed by atoms with Gasteiger partial charge in [0.15, 0.2) is 0 Å². The molecule has 0 unspecified atom stereocenters. The average Bonchev–Trinajstić information content (AvgIpc) is 3.18. The SMILES string of the molecule is O=C(OC1CCCC1)c1ccccc1NCC1=NCCN1. The molecule has 2 N–H and O–H groups in total. The number of hydrogen-bond donors (Lipinski definition) is 2. The zero-order valence-electron chi connectivity index (χ0n) is 12.1. The lowest BCUT2D eigenvalue weighted by Crippen LogP contribution is -2.26. The molecule has 0 atom stereocenters. The average molecular weight is 287 g/mol. The summed E-state index contributed by atoms with van der Waals surface area (Å²) in [7, 11) is 0. The van der Waals surface area contributed by atoms with Crippen LogP contribution in [0.15, 0.2) is 29.3 Å². The van der Waals surface area contributed by atoms with Crippen molar-refractivity contribution in [2.45, 2.75) is 31.8 Å². The van der Waals surface area contributed by atoms with Crippen molar-refractivity contribution in [3.8, 4) is 0 Å². The normalized spacial score (nSPS) is 18.2. The Balaban J connectivity index is 1.64. The van der Waals surface area contributed by atoms with E-state index in [0.717, 1.165) is 50.3 Å². The molecule has 0 saturated heterocycles. The molecular formula is C16H21N3O2. The molecule has 1 saturated carbocycles. The molecule has 0 radical (unpaired) electrons. The van der Waals surface area contributed by atoms with Crippen molar-refractivity contribution in [2.24, 2.45) is 4.99 Å².